The van der Waals surface area contributed by atoms with Crippen LogP contribution in [0.2, 0.25) is 0 Å². The summed E-state index contributed by atoms with van der Waals surface area (Å²) in [4.78, 5) is 2.49. The molecule has 1 aromatic rings. The summed E-state index contributed by atoms with van der Waals surface area (Å²) in [5.74, 6) is 0. The van der Waals surface area contributed by atoms with Crippen molar-refractivity contribution in [1.29, 1.82) is 0 Å². The molecule has 1 aliphatic rings. The van der Waals surface area contributed by atoms with Crippen molar-refractivity contribution in [2.45, 2.75) is 26.4 Å². The number of halogens is 1. The molecular weight excluding hydrogens is 224 g/mol. The van der Waals surface area contributed by atoms with Crippen LogP contribution in [0.3, 0.4) is 0 Å². The van der Waals surface area contributed by atoms with Crippen LogP contribution in [0, 0.1) is 6.92 Å². The standard InChI is InChI=1S/C11H20N4.ClH/c1-9-6-15(5-4-12-9)8-11-7-14(3)13-10(11)2;/h7,9,12H,4-6,8H2,1-3H3;1H/t9-;/m0./s1. The Morgan fingerprint density at radius 1 is 1.56 bits per heavy atom. The molecule has 0 unspecified atom stereocenters. The van der Waals surface area contributed by atoms with E-state index in [1.807, 2.05) is 11.7 Å². The monoisotopic (exact) mass is 244 g/mol. The maximum atomic E-state index is 4.37. The fraction of sp³-hybridized carbons (Fsp3) is 0.727. The molecule has 0 amide bonds. The Morgan fingerprint density at radius 3 is 2.88 bits per heavy atom. The average Bonchev–Trinajstić information content (AvgIpc) is 2.45. The highest BCUT2D eigenvalue weighted by molar-refractivity contribution is 5.85. The van der Waals surface area contributed by atoms with Crippen LogP contribution < -0.4 is 5.32 Å². The molecule has 1 aromatic heterocycles. The molecule has 0 bridgehead atoms. The zero-order chi connectivity index (χ0) is 10.8. The zero-order valence-electron chi connectivity index (χ0n) is 10.2. The second-order valence-electron chi connectivity index (χ2n) is 4.50. The van der Waals surface area contributed by atoms with Gasteiger partial charge < -0.3 is 5.32 Å². The first-order chi connectivity index (χ1) is 7.15. The van der Waals surface area contributed by atoms with Gasteiger partial charge in [-0.25, -0.2) is 0 Å². The highest BCUT2D eigenvalue weighted by Gasteiger charge is 2.16. The molecule has 0 saturated carbocycles. The van der Waals surface area contributed by atoms with Gasteiger partial charge in [0.05, 0.1) is 5.69 Å². The van der Waals surface area contributed by atoms with Crippen molar-refractivity contribution in [1.82, 2.24) is 20.0 Å². The van der Waals surface area contributed by atoms with E-state index in [-0.39, 0.29) is 12.4 Å². The van der Waals surface area contributed by atoms with Gasteiger partial charge in [0.2, 0.25) is 0 Å². The molecule has 0 aromatic carbocycles. The number of piperazine rings is 1. The quantitative estimate of drug-likeness (QED) is 0.841. The third kappa shape index (κ3) is 3.20. The SMILES string of the molecule is Cc1nn(C)cc1CN1CCN[C@@H](C)C1.Cl. The maximum absolute atomic E-state index is 4.37. The van der Waals surface area contributed by atoms with Crippen molar-refractivity contribution < 1.29 is 0 Å². The Morgan fingerprint density at radius 2 is 2.31 bits per heavy atom. The minimum atomic E-state index is 0. The molecule has 2 rings (SSSR count). The van der Waals surface area contributed by atoms with Crippen LogP contribution in [0.1, 0.15) is 18.2 Å². The molecule has 0 spiro atoms. The molecule has 1 aliphatic heterocycles. The Kier molecular flexibility index (Phi) is 4.77. The Labute approximate surface area is 103 Å². The summed E-state index contributed by atoms with van der Waals surface area (Å²) in [6, 6.07) is 0.607. The van der Waals surface area contributed by atoms with Crippen molar-refractivity contribution in [2.24, 2.45) is 7.05 Å². The van der Waals surface area contributed by atoms with Gasteiger partial charge in [0.25, 0.3) is 0 Å². The van der Waals surface area contributed by atoms with E-state index < -0.39 is 0 Å². The van der Waals surface area contributed by atoms with Gasteiger partial charge in [-0.3, -0.25) is 9.58 Å². The molecule has 4 nitrogen and oxygen atoms in total. The molecule has 2 heterocycles. The summed E-state index contributed by atoms with van der Waals surface area (Å²) in [5, 5.41) is 7.83. The molecule has 16 heavy (non-hydrogen) atoms. The molecule has 92 valence electrons. The van der Waals surface area contributed by atoms with Crippen LogP contribution >= 0.6 is 12.4 Å². The Balaban J connectivity index is 0.00000128. The predicted octanol–water partition coefficient (Wildman–Crippen LogP) is 0.944. The van der Waals surface area contributed by atoms with Crippen molar-refractivity contribution in [2.75, 3.05) is 19.6 Å². The zero-order valence-corrected chi connectivity index (χ0v) is 11.0. The third-order valence-electron chi connectivity index (χ3n) is 2.96. The molecular formula is C11H21ClN4. The Bertz CT molecular complexity index is 337. The maximum Gasteiger partial charge on any atom is 0.0638 e. The van der Waals surface area contributed by atoms with Gasteiger partial charge in [-0.1, -0.05) is 0 Å². The molecule has 0 aliphatic carbocycles. The fourth-order valence-electron chi connectivity index (χ4n) is 2.20. The van der Waals surface area contributed by atoms with E-state index in [1.165, 1.54) is 5.56 Å². The second-order valence-corrected chi connectivity index (χ2v) is 4.50. The highest BCUT2D eigenvalue weighted by atomic mass is 35.5. The van der Waals surface area contributed by atoms with Crippen molar-refractivity contribution in [3.8, 4) is 0 Å². The topological polar surface area (TPSA) is 33.1 Å². The first kappa shape index (κ1) is 13.5. The molecule has 1 atom stereocenters. The molecule has 1 fully saturated rings. The van der Waals surface area contributed by atoms with Crippen LogP contribution in [0.5, 0.6) is 0 Å². The first-order valence-corrected chi connectivity index (χ1v) is 5.60. The van der Waals surface area contributed by atoms with Gasteiger partial charge in [-0.2, -0.15) is 5.10 Å². The average molecular weight is 245 g/mol. The summed E-state index contributed by atoms with van der Waals surface area (Å²) < 4.78 is 1.90. The number of aryl methyl sites for hydroxylation is 2. The van der Waals surface area contributed by atoms with Crippen LogP contribution in [0.25, 0.3) is 0 Å². The lowest BCUT2D eigenvalue weighted by Gasteiger charge is -2.31. The third-order valence-corrected chi connectivity index (χ3v) is 2.96. The van der Waals surface area contributed by atoms with Gasteiger partial charge in [0, 0.05) is 51.0 Å². The van der Waals surface area contributed by atoms with Crippen molar-refractivity contribution in [3.05, 3.63) is 17.5 Å². The number of rotatable bonds is 2. The van der Waals surface area contributed by atoms with Crippen molar-refractivity contribution >= 4 is 12.4 Å². The minimum absolute atomic E-state index is 0. The lowest BCUT2D eigenvalue weighted by molar-refractivity contribution is 0.199. The summed E-state index contributed by atoms with van der Waals surface area (Å²) in [6.45, 7) is 8.72. The van der Waals surface area contributed by atoms with Crippen LogP contribution in [0.4, 0.5) is 0 Å². The van der Waals surface area contributed by atoms with Crippen LogP contribution in [-0.4, -0.2) is 40.4 Å². The van der Waals surface area contributed by atoms with Crippen LogP contribution in [-0.2, 0) is 13.6 Å². The van der Waals surface area contributed by atoms with Crippen molar-refractivity contribution in [3.63, 3.8) is 0 Å². The minimum Gasteiger partial charge on any atom is -0.312 e. The molecule has 5 heteroatoms. The fourth-order valence-corrected chi connectivity index (χ4v) is 2.20. The smallest absolute Gasteiger partial charge is 0.0638 e. The number of hydrogen-bond acceptors (Lipinski definition) is 3. The predicted molar refractivity (Wildman–Crippen MR) is 67.9 cm³/mol. The summed E-state index contributed by atoms with van der Waals surface area (Å²) in [6.07, 6.45) is 2.13. The van der Waals surface area contributed by atoms with Gasteiger partial charge in [0.1, 0.15) is 0 Å². The largest absolute Gasteiger partial charge is 0.312 e. The molecule has 0 radical (unpaired) electrons. The van der Waals surface area contributed by atoms with Gasteiger partial charge in [-0.15, -0.1) is 12.4 Å². The van der Waals surface area contributed by atoms with E-state index in [4.69, 9.17) is 0 Å². The van der Waals surface area contributed by atoms with E-state index in [0.717, 1.165) is 31.9 Å². The normalized spacial score (nSPS) is 21.8. The molecule has 1 saturated heterocycles. The number of nitrogens with zero attached hydrogens (tertiary/aromatic N) is 3. The van der Waals surface area contributed by atoms with E-state index in [9.17, 15) is 0 Å². The second kappa shape index (κ2) is 5.66. The number of aromatic nitrogens is 2. The molecule has 1 N–H and O–H groups in total. The van der Waals surface area contributed by atoms with Gasteiger partial charge >= 0.3 is 0 Å². The summed E-state index contributed by atoms with van der Waals surface area (Å²) in [7, 11) is 1.98. The van der Waals surface area contributed by atoms with E-state index in [0.29, 0.717) is 6.04 Å². The summed E-state index contributed by atoms with van der Waals surface area (Å²) >= 11 is 0. The van der Waals surface area contributed by atoms with Gasteiger partial charge in [0.15, 0.2) is 0 Å². The van der Waals surface area contributed by atoms with E-state index in [2.05, 4.69) is 35.4 Å². The first-order valence-electron chi connectivity index (χ1n) is 5.60. The van der Waals surface area contributed by atoms with Gasteiger partial charge in [-0.05, 0) is 13.8 Å². The van der Waals surface area contributed by atoms with Crippen LogP contribution in [0.15, 0.2) is 6.20 Å². The lowest BCUT2D eigenvalue weighted by Crippen LogP contribution is -2.48. The number of nitrogens with one attached hydrogen (secondary N) is 1. The number of hydrogen-bond donors (Lipinski definition) is 1. The lowest BCUT2D eigenvalue weighted by atomic mass is 10.2. The summed E-state index contributed by atoms with van der Waals surface area (Å²) in [5.41, 5.74) is 2.51. The Hall–Kier alpha value is -0.580. The highest BCUT2D eigenvalue weighted by Crippen LogP contribution is 2.10. The van der Waals surface area contributed by atoms with E-state index >= 15 is 0 Å². The van der Waals surface area contributed by atoms with E-state index in [1.54, 1.807) is 0 Å².